The molecule has 0 aliphatic heterocycles. The van der Waals surface area contributed by atoms with Crippen LogP contribution in [-0.2, 0) is 15.1 Å². The lowest BCUT2D eigenvalue weighted by atomic mass is 9.84. The fourth-order valence-corrected chi connectivity index (χ4v) is 4.12. The highest BCUT2D eigenvalue weighted by atomic mass is 16.5. The topological polar surface area (TPSA) is 38.3 Å². The van der Waals surface area contributed by atoms with Crippen molar-refractivity contribution in [1.82, 2.24) is 0 Å². The number of carbonyl (C=O) groups is 1. The van der Waals surface area contributed by atoms with Gasteiger partial charge in [-0.15, -0.1) is 0 Å². The lowest BCUT2D eigenvalue weighted by molar-refractivity contribution is -0.136. The van der Waals surface area contributed by atoms with Crippen LogP contribution in [0.2, 0.25) is 0 Å². The fourth-order valence-electron chi connectivity index (χ4n) is 4.12. The van der Waals surface area contributed by atoms with Gasteiger partial charge in [0, 0.05) is 12.3 Å². The summed E-state index contributed by atoms with van der Waals surface area (Å²) in [5.74, 6) is 0.384. The van der Waals surface area contributed by atoms with Gasteiger partial charge in [-0.1, -0.05) is 107 Å². The van der Waals surface area contributed by atoms with Crippen molar-refractivity contribution in [2.24, 2.45) is 0 Å². The van der Waals surface area contributed by atoms with Crippen molar-refractivity contribution in [3.8, 4) is 0 Å². The fraction of sp³-hybridized carbons (Fsp3) is 0.321. The van der Waals surface area contributed by atoms with E-state index in [2.05, 4.69) is 51.2 Å². The average Bonchev–Trinajstić information content (AvgIpc) is 2.78. The molecule has 0 aliphatic rings. The lowest BCUT2D eigenvalue weighted by Gasteiger charge is -2.34. The van der Waals surface area contributed by atoms with Crippen molar-refractivity contribution in [3.63, 3.8) is 0 Å². The van der Waals surface area contributed by atoms with Gasteiger partial charge in [0.15, 0.2) is 5.60 Å². The molecule has 0 radical (unpaired) electrons. The highest BCUT2D eigenvalue weighted by Crippen LogP contribution is 2.38. The van der Waals surface area contributed by atoms with E-state index in [9.17, 15) is 4.79 Å². The summed E-state index contributed by atoms with van der Waals surface area (Å²) in [6, 6.07) is 25.8. The number of carbonyl (C=O) groups excluding carboxylic acids is 1. The highest BCUT2D eigenvalue weighted by molar-refractivity contribution is 6.01. The van der Waals surface area contributed by atoms with Gasteiger partial charge in [0.25, 0.3) is 5.91 Å². The van der Waals surface area contributed by atoms with Gasteiger partial charge in [0.05, 0.1) is 0 Å². The zero-order valence-corrected chi connectivity index (χ0v) is 19.2. The molecule has 0 fully saturated rings. The molecule has 0 saturated heterocycles. The standard InChI is InChI=1S/C28H33NO2/c1-6-31-28(22-14-9-7-10-15-22,23-16-11-8-12-17-23)27(30)29-26-24(20(2)3)18-13-19-25(26)21(4)5/h7-21H,6H2,1-5H3,(H,29,30). The Bertz CT molecular complexity index is 928. The molecule has 162 valence electrons. The Hall–Kier alpha value is -2.91. The molecule has 3 aromatic rings. The molecule has 3 aromatic carbocycles. The van der Waals surface area contributed by atoms with Crippen LogP contribution in [0.3, 0.4) is 0 Å². The number of hydrogen-bond acceptors (Lipinski definition) is 2. The van der Waals surface area contributed by atoms with Crippen LogP contribution in [0.15, 0.2) is 78.9 Å². The molecule has 0 unspecified atom stereocenters. The second kappa shape index (κ2) is 9.93. The van der Waals surface area contributed by atoms with Crippen molar-refractivity contribution >= 4 is 11.6 Å². The number of rotatable bonds is 8. The molecule has 1 N–H and O–H groups in total. The van der Waals surface area contributed by atoms with Gasteiger partial charge in [-0.3, -0.25) is 4.79 Å². The minimum Gasteiger partial charge on any atom is -0.356 e. The minimum absolute atomic E-state index is 0.179. The van der Waals surface area contributed by atoms with Gasteiger partial charge in [0.2, 0.25) is 0 Å². The molecule has 3 nitrogen and oxygen atoms in total. The molecular weight excluding hydrogens is 382 g/mol. The summed E-state index contributed by atoms with van der Waals surface area (Å²) < 4.78 is 6.32. The summed E-state index contributed by atoms with van der Waals surface area (Å²) in [6.07, 6.45) is 0. The zero-order chi connectivity index (χ0) is 22.4. The summed E-state index contributed by atoms with van der Waals surface area (Å²) >= 11 is 0. The number of para-hydroxylation sites is 1. The third-order valence-corrected chi connectivity index (χ3v) is 5.65. The molecule has 3 heteroatoms. The van der Waals surface area contributed by atoms with Crippen molar-refractivity contribution in [1.29, 1.82) is 0 Å². The summed E-state index contributed by atoms with van der Waals surface area (Å²) in [5.41, 5.74) is 3.54. The summed E-state index contributed by atoms with van der Waals surface area (Å²) in [7, 11) is 0. The quantitative estimate of drug-likeness (QED) is 0.437. The number of amides is 1. The lowest BCUT2D eigenvalue weighted by Crippen LogP contribution is -2.44. The van der Waals surface area contributed by atoms with Crippen LogP contribution in [0.1, 0.15) is 68.7 Å². The molecule has 31 heavy (non-hydrogen) atoms. The third-order valence-electron chi connectivity index (χ3n) is 5.65. The second-order valence-corrected chi connectivity index (χ2v) is 8.42. The van der Waals surface area contributed by atoms with Crippen LogP contribution >= 0.6 is 0 Å². The SMILES string of the molecule is CCOC(C(=O)Nc1c(C(C)C)cccc1C(C)C)(c1ccccc1)c1ccccc1. The van der Waals surface area contributed by atoms with E-state index in [4.69, 9.17) is 4.74 Å². The van der Waals surface area contributed by atoms with Crippen LogP contribution in [0.5, 0.6) is 0 Å². The van der Waals surface area contributed by atoms with Crippen LogP contribution in [0.4, 0.5) is 5.69 Å². The summed E-state index contributed by atoms with van der Waals surface area (Å²) in [4.78, 5) is 14.1. The highest BCUT2D eigenvalue weighted by Gasteiger charge is 2.43. The molecule has 0 aliphatic carbocycles. The Balaban J connectivity index is 2.20. The predicted molar refractivity (Wildman–Crippen MR) is 129 cm³/mol. The molecule has 0 atom stereocenters. The van der Waals surface area contributed by atoms with E-state index < -0.39 is 5.60 Å². The first-order chi connectivity index (χ1) is 14.9. The summed E-state index contributed by atoms with van der Waals surface area (Å²) in [5, 5.41) is 3.30. The van der Waals surface area contributed by atoms with E-state index >= 15 is 0 Å². The van der Waals surface area contributed by atoms with Crippen molar-refractivity contribution < 1.29 is 9.53 Å². The Morgan fingerprint density at radius 1 is 0.774 bits per heavy atom. The van der Waals surface area contributed by atoms with E-state index in [0.717, 1.165) is 27.9 Å². The number of hydrogen-bond donors (Lipinski definition) is 1. The normalized spacial score (nSPS) is 11.7. The number of benzene rings is 3. The van der Waals surface area contributed by atoms with E-state index in [1.807, 2.05) is 67.6 Å². The smallest absolute Gasteiger partial charge is 0.266 e. The van der Waals surface area contributed by atoms with Gasteiger partial charge in [0.1, 0.15) is 0 Å². The predicted octanol–water partition coefficient (Wildman–Crippen LogP) is 6.85. The third kappa shape index (κ3) is 4.57. The van der Waals surface area contributed by atoms with Crippen molar-refractivity contribution in [3.05, 3.63) is 101 Å². The molecule has 0 saturated carbocycles. The van der Waals surface area contributed by atoms with Gasteiger partial charge >= 0.3 is 0 Å². The maximum absolute atomic E-state index is 14.1. The first-order valence-electron chi connectivity index (χ1n) is 11.1. The number of ether oxygens (including phenoxy) is 1. The Morgan fingerprint density at radius 3 is 1.61 bits per heavy atom. The van der Waals surface area contributed by atoms with Crippen LogP contribution < -0.4 is 5.32 Å². The van der Waals surface area contributed by atoms with Crippen molar-refractivity contribution in [2.75, 3.05) is 11.9 Å². The molecule has 1 amide bonds. The largest absolute Gasteiger partial charge is 0.356 e. The van der Waals surface area contributed by atoms with Crippen LogP contribution in [0.25, 0.3) is 0 Å². The monoisotopic (exact) mass is 415 g/mol. The van der Waals surface area contributed by atoms with Crippen LogP contribution in [-0.4, -0.2) is 12.5 Å². The van der Waals surface area contributed by atoms with E-state index in [-0.39, 0.29) is 17.7 Å². The first kappa shape index (κ1) is 22.8. The van der Waals surface area contributed by atoms with E-state index in [1.165, 1.54) is 0 Å². The van der Waals surface area contributed by atoms with Crippen molar-refractivity contribution in [2.45, 2.75) is 52.1 Å². The molecule has 0 heterocycles. The minimum atomic E-state index is -1.24. The Kier molecular flexibility index (Phi) is 7.29. The maximum atomic E-state index is 14.1. The molecular formula is C28H33NO2. The number of anilines is 1. The average molecular weight is 416 g/mol. The molecule has 0 aromatic heterocycles. The molecule has 0 bridgehead atoms. The van der Waals surface area contributed by atoms with Gasteiger partial charge in [-0.25, -0.2) is 0 Å². The molecule has 0 spiro atoms. The zero-order valence-electron chi connectivity index (χ0n) is 19.2. The van der Waals surface area contributed by atoms with E-state index in [0.29, 0.717) is 6.61 Å². The first-order valence-corrected chi connectivity index (χ1v) is 11.1. The van der Waals surface area contributed by atoms with Gasteiger partial charge < -0.3 is 10.1 Å². The Morgan fingerprint density at radius 2 is 1.23 bits per heavy atom. The molecule has 3 rings (SSSR count). The van der Waals surface area contributed by atoms with Gasteiger partial charge in [-0.2, -0.15) is 0 Å². The summed E-state index contributed by atoms with van der Waals surface area (Å²) in [6.45, 7) is 10.9. The van der Waals surface area contributed by atoms with Gasteiger partial charge in [-0.05, 0) is 41.0 Å². The maximum Gasteiger partial charge on any atom is 0.266 e. The second-order valence-electron chi connectivity index (χ2n) is 8.42. The Labute approximate surface area is 186 Å². The van der Waals surface area contributed by atoms with E-state index in [1.54, 1.807) is 0 Å². The van der Waals surface area contributed by atoms with Crippen LogP contribution in [0, 0.1) is 0 Å². The number of nitrogens with one attached hydrogen (secondary N) is 1.